The van der Waals surface area contributed by atoms with Crippen LogP contribution >= 0.6 is 0 Å². The van der Waals surface area contributed by atoms with Crippen LogP contribution in [0.15, 0.2) is 30.6 Å². The first-order valence-electron chi connectivity index (χ1n) is 7.29. The van der Waals surface area contributed by atoms with Crippen LogP contribution in [-0.4, -0.2) is 45.2 Å². The molecule has 0 bridgehead atoms. The lowest BCUT2D eigenvalue weighted by molar-refractivity contribution is -0.144. The third-order valence-corrected chi connectivity index (χ3v) is 3.70. The summed E-state index contributed by atoms with van der Waals surface area (Å²) in [6.45, 7) is 3.83. The van der Waals surface area contributed by atoms with Crippen LogP contribution in [0.25, 0.3) is 5.69 Å². The number of methoxy groups -OCH3 is 1. The highest BCUT2D eigenvalue weighted by Gasteiger charge is 2.28. The van der Waals surface area contributed by atoms with Gasteiger partial charge in [-0.3, -0.25) is 4.79 Å². The summed E-state index contributed by atoms with van der Waals surface area (Å²) in [6.07, 6.45) is 2.13. The first-order chi connectivity index (χ1) is 11.1. The number of para-hydroxylation sites is 1. The predicted octanol–water partition coefficient (Wildman–Crippen LogP) is 0.980. The lowest BCUT2D eigenvalue weighted by Gasteiger charge is -2.22. The van der Waals surface area contributed by atoms with Crippen molar-refractivity contribution >= 4 is 11.9 Å². The monoisotopic (exact) mass is 317 g/mol. The number of rotatable bonds is 6. The zero-order chi connectivity index (χ0) is 16.8. The molecule has 0 aliphatic rings. The van der Waals surface area contributed by atoms with Gasteiger partial charge in [-0.2, -0.15) is 4.68 Å². The zero-order valence-corrected chi connectivity index (χ0v) is 13.3. The van der Waals surface area contributed by atoms with Gasteiger partial charge in [0.2, 0.25) is 0 Å². The number of esters is 1. The van der Waals surface area contributed by atoms with Crippen molar-refractivity contribution < 1.29 is 14.3 Å². The van der Waals surface area contributed by atoms with Crippen LogP contribution in [-0.2, 0) is 9.53 Å². The molecule has 0 aliphatic heterocycles. The molecular formula is C15H19N5O3. The Morgan fingerprint density at radius 1 is 1.35 bits per heavy atom. The molecule has 1 N–H and O–H groups in total. The Kier molecular flexibility index (Phi) is 5.40. The van der Waals surface area contributed by atoms with Gasteiger partial charge in [-0.15, -0.1) is 5.10 Å². The van der Waals surface area contributed by atoms with Crippen LogP contribution in [0.5, 0.6) is 0 Å². The molecule has 2 atom stereocenters. The quantitative estimate of drug-likeness (QED) is 0.797. The molecule has 0 saturated carbocycles. The number of amides is 1. The van der Waals surface area contributed by atoms with Gasteiger partial charge in [0.25, 0.3) is 5.91 Å². The summed E-state index contributed by atoms with van der Waals surface area (Å²) in [7, 11) is 1.30. The number of carbonyl (C=O) groups is 2. The Morgan fingerprint density at radius 2 is 2.09 bits per heavy atom. The van der Waals surface area contributed by atoms with E-state index in [4.69, 9.17) is 4.74 Å². The van der Waals surface area contributed by atoms with Crippen LogP contribution in [0, 0.1) is 5.92 Å². The van der Waals surface area contributed by atoms with E-state index in [1.807, 2.05) is 13.8 Å². The molecule has 8 nitrogen and oxygen atoms in total. The average Bonchev–Trinajstić information content (AvgIpc) is 3.12. The van der Waals surface area contributed by atoms with Crippen LogP contribution in [0.2, 0.25) is 0 Å². The molecule has 0 fully saturated rings. The molecule has 0 aliphatic carbocycles. The third-order valence-electron chi connectivity index (χ3n) is 3.70. The van der Waals surface area contributed by atoms with E-state index in [0.717, 1.165) is 6.42 Å². The maximum Gasteiger partial charge on any atom is 0.328 e. The fourth-order valence-corrected chi connectivity index (χ4v) is 2.15. The minimum atomic E-state index is -0.709. The maximum atomic E-state index is 12.6. The van der Waals surface area contributed by atoms with Crippen LogP contribution in [0.1, 0.15) is 30.6 Å². The maximum absolute atomic E-state index is 12.6. The highest BCUT2D eigenvalue weighted by atomic mass is 16.5. The molecule has 1 aromatic heterocycles. The van der Waals surface area contributed by atoms with E-state index >= 15 is 0 Å². The fraction of sp³-hybridized carbons (Fsp3) is 0.400. The van der Waals surface area contributed by atoms with Gasteiger partial charge in [-0.1, -0.05) is 32.4 Å². The molecule has 1 heterocycles. The van der Waals surface area contributed by atoms with E-state index < -0.39 is 12.0 Å². The molecular weight excluding hydrogens is 298 g/mol. The Labute approximate surface area is 133 Å². The van der Waals surface area contributed by atoms with Crippen molar-refractivity contribution in [3.8, 4) is 5.69 Å². The molecule has 2 aromatic rings. The summed E-state index contributed by atoms with van der Waals surface area (Å²) in [5, 5.41) is 13.7. The molecule has 23 heavy (non-hydrogen) atoms. The third kappa shape index (κ3) is 3.71. The average molecular weight is 317 g/mol. The van der Waals surface area contributed by atoms with Gasteiger partial charge in [-0.05, 0) is 28.5 Å². The minimum absolute atomic E-state index is 0.0494. The predicted molar refractivity (Wildman–Crippen MR) is 81.9 cm³/mol. The SMILES string of the molecule is CC[C@@H](C)[C@@H](NC(=O)c1ccccc1-n1cnnn1)C(=O)OC. The topological polar surface area (TPSA) is 99.0 Å². The van der Waals surface area contributed by atoms with Crippen molar-refractivity contribution in [1.29, 1.82) is 0 Å². The summed E-state index contributed by atoms with van der Waals surface area (Å²) >= 11 is 0. The molecule has 0 spiro atoms. The number of benzene rings is 1. The van der Waals surface area contributed by atoms with Crippen LogP contribution < -0.4 is 5.32 Å². The van der Waals surface area contributed by atoms with Crippen molar-refractivity contribution in [3.05, 3.63) is 36.2 Å². The van der Waals surface area contributed by atoms with Crippen molar-refractivity contribution in [3.63, 3.8) is 0 Å². The van der Waals surface area contributed by atoms with E-state index in [1.165, 1.54) is 18.1 Å². The number of aromatic nitrogens is 4. The first-order valence-corrected chi connectivity index (χ1v) is 7.29. The molecule has 2 rings (SSSR count). The largest absolute Gasteiger partial charge is 0.467 e. The molecule has 8 heteroatoms. The number of nitrogens with zero attached hydrogens (tertiary/aromatic N) is 4. The molecule has 1 amide bonds. The Balaban J connectivity index is 2.28. The number of nitrogens with one attached hydrogen (secondary N) is 1. The standard InChI is InChI=1S/C15H19N5O3/c1-4-10(2)13(15(22)23-3)17-14(21)11-7-5-6-8-12(11)20-9-16-18-19-20/h5-10,13H,4H2,1-3H3,(H,17,21)/t10-,13-/m1/s1. The van der Waals surface area contributed by atoms with E-state index in [0.29, 0.717) is 11.3 Å². The summed E-state index contributed by atoms with van der Waals surface area (Å²) in [5.74, 6) is -0.897. The van der Waals surface area contributed by atoms with E-state index in [2.05, 4.69) is 20.8 Å². The summed E-state index contributed by atoms with van der Waals surface area (Å²) < 4.78 is 6.18. The molecule has 122 valence electrons. The van der Waals surface area contributed by atoms with Crippen LogP contribution in [0.3, 0.4) is 0 Å². The van der Waals surface area contributed by atoms with E-state index in [1.54, 1.807) is 24.3 Å². The lowest BCUT2D eigenvalue weighted by atomic mass is 9.98. The Hall–Kier alpha value is -2.77. The normalized spacial score (nSPS) is 13.2. The van der Waals surface area contributed by atoms with E-state index in [-0.39, 0.29) is 11.8 Å². The highest BCUT2D eigenvalue weighted by Crippen LogP contribution is 2.15. The number of hydrogen-bond donors (Lipinski definition) is 1. The highest BCUT2D eigenvalue weighted by molar-refractivity contribution is 5.99. The smallest absolute Gasteiger partial charge is 0.328 e. The van der Waals surface area contributed by atoms with Crippen molar-refractivity contribution in [2.75, 3.05) is 7.11 Å². The van der Waals surface area contributed by atoms with Crippen molar-refractivity contribution in [2.24, 2.45) is 5.92 Å². The van der Waals surface area contributed by atoms with Crippen molar-refractivity contribution in [2.45, 2.75) is 26.3 Å². The van der Waals surface area contributed by atoms with Gasteiger partial charge in [0, 0.05) is 0 Å². The molecule has 0 unspecified atom stereocenters. The van der Waals surface area contributed by atoms with Gasteiger partial charge in [-0.25, -0.2) is 4.79 Å². The lowest BCUT2D eigenvalue weighted by Crippen LogP contribution is -2.45. The summed E-state index contributed by atoms with van der Waals surface area (Å²) in [4.78, 5) is 24.5. The number of hydrogen-bond acceptors (Lipinski definition) is 6. The van der Waals surface area contributed by atoms with Gasteiger partial charge in [0.15, 0.2) is 0 Å². The van der Waals surface area contributed by atoms with E-state index in [9.17, 15) is 9.59 Å². The molecule has 0 radical (unpaired) electrons. The second-order valence-electron chi connectivity index (χ2n) is 5.13. The van der Waals surface area contributed by atoms with Gasteiger partial charge < -0.3 is 10.1 Å². The van der Waals surface area contributed by atoms with Crippen molar-refractivity contribution in [1.82, 2.24) is 25.5 Å². The Bertz CT molecular complexity index is 672. The number of ether oxygens (including phenoxy) is 1. The molecule has 1 aromatic carbocycles. The first kappa shape index (κ1) is 16.6. The summed E-state index contributed by atoms with van der Waals surface area (Å²) in [6, 6.07) is 6.18. The Morgan fingerprint density at radius 3 is 2.70 bits per heavy atom. The summed E-state index contributed by atoms with van der Waals surface area (Å²) in [5.41, 5.74) is 0.903. The van der Waals surface area contributed by atoms with Gasteiger partial charge in [0.05, 0.1) is 18.4 Å². The number of carbonyl (C=O) groups excluding carboxylic acids is 2. The van der Waals surface area contributed by atoms with Gasteiger partial charge >= 0.3 is 5.97 Å². The molecule has 0 saturated heterocycles. The fourth-order valence-electron chi connectivity index (χ4n) is 2.15. The number of tetrazole rings is 1. The minimum Gasteiger partial charge on any atom is -0.467 e. The zero-order valence-electron chi connectivity index (χ0n) is 13.3. The second kappa shape index (κ2) is 7.48. The second-order valence-corrected chi connectivity index (χ2v) is 5.13. The van der Waals surface area contributed by atoms with Crippen LogP contribution in [0.4, 0.5) is 0 Å². The van der Waals surface area contributed by atoms with Gasteiger partial charge in [0.1, 0.15) is 12.4 Å².